The fourth-order valence-electron chi connectivity index (χ4n) is 3.06. The lowest BCUT2D eigenvalue weighted by molar-refractivity contribution is 0.0697. The predicted octanol–water partition coefficient (Wildman–Crippen LogP) is 4.62. The van der Waals surface area contributed by atoms with E-state index in [0.29, 0.717) is 6.61 Å². The summed E-state index contributed by atoms with van der Waals surface area (Å²) in [5, 5.41) is 8.99. The average Bonchev–Trinajstić information content (AvgIpc) is 3.12. The van der Waals surface area contributed by atoms with Gasteiger partial charge >= 0.3 is 5.97 Å². The number of para-hydroxylation sites is 1. The summed E-state index contributed by atoms with van der Waals surface area (Å²) in [6.07, 6.45) is 2.15. The Balaban J connectivity index is 1.64. The first-order chi connectivity index (χ1) is 12.1. The van der Waals surface area contributed by atoms with Gasteiger partial charge in [0.1, 0.15) is 12.4 Å². The van der Waals surface area contributed by atoms with Crippen LogP contribution in [-0.2, 0) is 0 Å². The number of aromatic nitrogens is 1. The van der Waals surface area contributed by atoms with Gasteiger partial charge in [-0.25, -0.2) is 4.79 Å². The Bertz CT molecular complexity index is 981. The largest absolute Gasteiger partial charge is 0.488 e. The van der Waals surface area contributed by atoms with Crippen LogP contribution in [0.15, 0.2) is 54.6 Å². The van der Waals surface area contributed by atoms with Crippen molar-refractivity contribution in [1.29, 1.82) is 0 Å². The molecule has 1 aromatic heterocycles. The van der Waals surface area contributed by atoms with Crippen molar-refractivity contribution >= 4 is 17.6 Å². The number of aromatic amines is 1. The number of carboxylic acids is 1. The molecule has 1 aliphatic rings. The second-order valence-corrected chi connectivity index (χ2v) is 6.12. The normalized spacial score (nSPS) is 12.9. The van der Waals surface area contributed by atoms with Gasteiger partial charge in [0.15, 0.2) is 0 Å². The molecule has 2 aromatic carbocycles. The molecule has 0 spiro atoms. The Kier molecular flexibility index (Phi) is 3.65. The lowest BCUT2D eigenvalue weighted by atomic mass is 10.0. The molecule has 0 saturated heterocycles. The molecule has 0 fully saturated rings. The van der Waals surface area contributed by atoms with Gasteiger partial charge in [-0.1, -0.05) is 30.3 Å². The van der Waals surface area contributed by atoms with Crippen LogP contribution in [0.5, 0.6) is 5.75 Å². The van der Waals surface area contributed by atoms with Crippen molar-refractivity contribution in [3.8, 4) is 17.0 Å². The maximum absolute atomic E-state index is 11.0. The fraction of sp³-hybridized carbons (Fsp3) is 0.0952. The Morgan fingerprint density at radius 2 is 1.80 bits per heavy atom. The fourth-order valence-corrected chi connectivity index (χ4v) is 3.06. The maximum atomic E-state index is 11.0. The summed E-state index contributed by atoms with van der Waals surface area (Å²) in [5.41, 5.74) is 6.50. The number of hydrogen-bond donors (Lipinski definition) is 2. The number of fused-ring (bicyclic) bond motifs is 1. The summed E-state index contributed by atoms with van der Waals surface area (Å²) < 4.78 is 5.92. The smallest absolute Gasteiger partial charge is 0.335 e. The summed E-state index contributed by atoms with van der Waals surface area (Å²) in [4.78, 5) is 14.4. The number of carboxylic acid groups (broad SMARTS) is 1. The third kappa shape index (κ3) is 2.83. The van der Waals surface area contributed by atoms with E-state index < -0.39 is 5.97 Å². The van der Waals surface area contributed by atoms with E-state index in [2.05, 4.69) is 17.1 Å². The molecule has 4 nitrogen and oxygen atoms in total. The molecular weight excluding hydrogens is 314 g/mol. The second kappa shape index (κ2) is 5.98. The van der Waals surface area contributed by atoms with Crippen molar-refractivity contribution < 1.29 is 14.6 Å². The van der Waals surface area contributed by atoms with E-state index in [1.165, 1.54) is 0 Å². The molecule has 2 heterocycles. The minimum atomic E-state index is -0.919. The number of nitrogens with one attached hydrogen (secondary N) is 1. The number of benzene rings is 2. The Hall–Kier alpha value is -3.27. The highest BCUT2D eigenvalue weighted by molar-refractivity contribution is 5.88. The van der Waals surface area contributed by atoms with E-state index in [1.54, 1.807) is 12.1 Å². The van der Waals surface area contributed by atoms with E-state index in [9.17, 15) is 4.79 Å². The Labute approximate surface area is 145 Å². The first kappa shape index (κ1) is 15.3. The number of aryl methyl sites for hydroxylation is 1. The van der Waals surface area contributed by atoms with Gasteiger partial charge in [0.25, 0.3) is 0 Å². The molecule has 3 aromatic rings. The highest BCUT2D eigenvalue weighted by Gasteiger charge is 2.16. The van der Waals surface area contributed by atoms with Crippen molar-refractivity contribution in [3.05, 3.63) is 77.0 Å². The maximum Gasteiger partial charge on any atom is 0.335 e. The molecule has 0 amide bonds. The van der Waals surface area contributed by atoms with E-state index in [1.807, 2.05) is 43.3 Å². The Morgan fingerprint density at radius 1 is 1.04 bits per heavy atom. The van der Waals surface area contributed by atoms with Crippen LogP contribution >= 0.6 is 0 Å². The lowest BCUT2D eigenvalue weighted by Gasteiger charge is -2.19. The van der Waals surface area contributed by atoms with Gasteiger partial charge in [-0.2, -0.15) is 0 Å². The highest BCUT2D eigenvalue weighted by Crippen LogP contribution is 2.33. The number of aromatic carboxylic acids is 1. The average molecular weight is 331 g/mol. The van der Waals surface area contributed by atoms with Crippen molar-refractivity contribution in [3.63, 3.8) is 0 Å². The molecule has 4 heteroatoms. The van der Waals surface area contributed by atoms with Crippen LogP contribution in [0.4, 0.5) is 0 Å². The number of hydrogen-bond acceptors (Lipinski definition) is 2. The van der Waals surface area contributed by atoms with E-state index in [-0.39, 0.29) is 5.56 Å². The zero-order chi connectivity index (χ0) is 17.4. The van der Waals surface area contributed by atoms with Gasteiger partial charge in [-0.3, -0.25) is 0 Å². The van der Waals surface area contributed by atoms with Crippen LogP contribution in [0.3, 0.4) is 0 Å². The van der Waals surface area contributed by atoms with E-state index in [4.69, 9.17) is 9.84 Å². The first-order valence-corrected chi connectivity index (χ1v) is 8.08. The number of carbonyl (C=O) groups is 1. The minimum absolute atomic E-state index is 0.283. The zero-order valence-electron chi connectivity index (χ0n) is 13.7. The van der Waals surface area contributed by atoms with Crippen LogP contribution in [0.1, 0.15) is 27.2 Å². The van der Waals surface area contributed by atoms with Crippen LogP contribution in [0.2, 0.25) is 0 Å². The van der Waals surface area contributed by atoms with Gasteiger partial charge in [0, 0.05) is 22.5 Å². The molecule has 0 saturated carbocycles. The summed E-state index contributed by atoms with van der Waals surface area (Å²) in [6.45, 7) is 2.57. The summed E-state index contributed by atoms with van der Waals surface area (Å²) in [7, 11) is 0. The van der Waals surface area contributed by atoms with Gasteiger partial charge in [0.05, 0.1) is 5.56 Å². The van der Waals surface area contributed by atoms with Gasteiger partial charge in [0.2, 0.25) is 0 Å². The molecule has 4 rings (SSSR count). The minimum Gasteiger partial charge on any atom is -0.488 e. The molecule has 1 aliphatic heterocycles. The molecule has 0 atom stereocenters. The second-order valence-electron chi connectivity index (χ2n) is 6.12. The van der Waals surface area contributed by atoms with Gasteiger partial charge in [-0.05, 0) is 48.4 Å². The van der Waals surface area contributed by atoms with Crippen molar-refractivity contribution in [1.82, 2.24) is 4.98 Å². The molecule has 0 aliphatic carbocycles. The van der Waals surface area contributed by atoms with Gasteiger partial charge < -0.3 is 14.8 Å². The highest BCUT2D eigenvalue weighted by atomic mass is 16.5. The Morgan fingerprint density at radius 3 is 2.56 bits per heavy atom. The SMILES string of the molecule is Cc1cccc2c1OCC(c1ccc(-c3ccc(C(=O)O)cc3)[nH]1)=C2. The number of H-pyrrole nitrogens is 1. The molecule has 0 radical (unpaired) electrons. The lowest BCUT2D eigenvalue weighted by Crippen LogP contribution is -2.08. The molecule has 124 valence electrons. The van der Waals surface area contributed by atoms with Gasteiger partial charge in [-0.15, -0.1) is 0 Å². The van der Waals surface area contributed by atoms with Crippen molar-refractivity contribution in [2.24, 2.45) is 0 Å². The quantitative estimate of drug-likeness (QED) is 0.736. The molecule has 0 bridgehead atoms. The molecule has 25 heavy (non-hydrogen) atoms. The monoisotopic (exact) mass is 331 g/mol. The standard InChI is InChI=1S/C21H17NO3/c1-13-3-2-4-16-11-17(12-25-20(13)16)19-10-9-18(22-19)14-5-7-15(8-6-14)21(23)24/h2-11,22H,12H2,1H3,(H,23,24). The summed E-state index contributed by atoms with van der Waals surface area (Å²) in [6, 6.07) is 17.0. The zero-order valence-corrected chi connectivity index (χ0v) is 13.7. The van der Waals surface area contributed by atoms with E-state index >= 15 is 0 Å². The molecule has 0 unspecified atom stereocenters. The van der Waals surface area contributed by atoms with Crippen molar-refractivity contribution in [2.45, 2.75) is 6.92 Å². The number of ether oxygens (including phenoxy) is 1. The van der Waals surface area contributed by atoms with Crippen LogP contribution in [0, 0.1) is 6.92 Å². The van der Waals surface area contributed by atoms with Crippen molar-refractivity contribution in [2.75, 3.05) is 6.61 Å². The van der Waals surface area contributed by atoms with Crippen LogP contribution < -0.4 is 4.74 Å². The van der Waals surface area contributed by atoms with Crippen LogP contribution in [-0.4, -0.2) is 22.7 Å². The summed E-state index contributed by atoms with van der Waals surface area (Å²) in [5.74, 6) is 0.0273. The predicted molar refractivity (Wildman–Crippen MR) is 97.7 cm³/mol. The van der Waals surface area contributed by atoms with Crippen LogP contribution in [0.25, 0.3) is 22.9 Å². The third-order valence-electron chi connectivity index (χ3n) is 4.42. The molecular formula is C21H17NO3. The number of rotatable bonds is 3. The molecule has 2 N–H and O–H groups in total. The third-order valence-corrected chi connectivity index (χ3v) is 4.42. The van der Waals surface area contributed by atoms with E-state index in [0.717, 1.165) is 39.4 Å². The summed E-state index contributed by atoms with van der Waals surface area (Å²) >= 11 is 0. The topological polar surface area (TPSA) is 62.3 Å². The first-order valence-electron chi connectivity index (χ1n) is 8.08.